The molecule has 0 N–H and O–H groups in total. The average Bonchev–Trinajstić information content (AvgIpc) is 2.36. The van der Waals surface area contributed by atoms with Crippen LogP contribution in [0.25, 0.3) is 0 Å². The molecule has 0 bridgehead atoms. The monoisotopic (exact) mass is 232 g/mol. The largest absolute Gasteiger partial charge is 0.497 e. The maximum Gasteiger partial charge on any atom is 0.119 e. The molecule has 1 aromatic rings. The second-order valence-corrected chi connectivity index (χ2v) is 5.29. The summed E-state index contributed by atoms with van der Waals surface area (Å²) in [6.45, 7) is 0.968. The van der Waals surface area contributed by atoms with Crippen molar-refractivity contribution in [3.05, 3.63) is 29.8 Å². The molecule has 2 heteroatoms. The summed E-state index contributed by atoms with van der Waals surface area (Å²) in [5, 5.41) is 0. The quantitative estimate of drug-likeness (QED) is 0.797. The summed E-state index contributed by atoms with van der Waals surface area (Å²) in [5.41, 5.74) is 1.38. The van der Waals surface area contributed by atoms with Gasteiger partial charge in [-0.2, -0.15) is 0 Å². The van der Waals surface area contributed by atoms with Crippen LogP contribution in [0.2, 0.25) is 0 Å². The predicted octanol–water partition coefficient (Wildman–Crippen LogP) is 3.05. The normalized spacial score (nSPS) is 31.5. The zero-order chi connectivity index (χ0) is 11.7. The lowest BCUT2D eigenvalue weighted by Crippen LogP contribution is -2.47. The van der Waals surface area contributed by atoms with Gasteiger partial charge in [0.2, 0.25) is 0 Å². The maximum absolute atomic E-state index is 5.89. The second kappa shape index (κ2) is 4.69. The Morgan fingerprint density at radius 1 is 1.41 bits per heavy atom. The van der Waals surface area contributed by atoms with E-state index in [1.807, 2.05) is 6.07 Å². The highest BCUT2D eigenvalue weighted by molar-refractivity contribution is 5.29. The van der Waals surface area contributed by atoms with Gasteiger partial charge in [0.15, 0.2) is 0 Å². The van der Waals surface area contributed by atoms with Gasteiger partial charge < -0.3 is 9.47 Å². The molecule has 1 heterocycles. The van der Waals surface area contributed by atoms with Crippen LogP contribution in [0.4, 0.5) is 0 Å². The van der Waals surface area contributed by atoms with Crippen LogP contribution in [-0.4, -0.2) is 19.8 Å². The summed E-state index contributed by atoms with van der Waals surface area (Å²) in [7, 11) is 1.72. The summed E-state index contributed by atoms with van der Waals surface area (Å²) in [6.07, 6.45) is 5.65. The minimum atomic E-state index is 0.537. The molecule has 1 aliphatic carbocycles. The Hall–Kier alpha value is -1.02. The molecule has 1 aliphatic heterocycles. The minimum Gasteiger partial charge on any atom is -0.497 e. The van der Waals surface area contributed by atoms with Gasteiger partial charge in [-0.05, 0) is 55.2 Å². The van der Waals surface area contributed by atoms with E-state index in [0.717, 1.165) is 30.6 Å². The molecule has 3 atom stereocenters. The van der Waals surface area contributed by atoms with E-state index in [1.54, 1.807) is 7.11 Å². The van der Waals surface area contributed by atoms with Gasteiger partial charge in [-0.1, -0.05) is 12.1 Å². The first-order valence-electron chi connectivity index (χ1n) is 6.61. The van der Waals surface area contributed by atoms with Crippen molar-refractivity contribution in [2.24, 2.45) is 11.8 Å². The van der Waals surface area contributed by atoms with Crippen LogP contribution in [0.5, 0.6) is 5.75 Å². The number of hydrogen-bond acceptors (Lipinski definition) is 2. The maximum atomic E-state index is 5.89. The van der Waals surface area contributed by atoms with E-state index in [4.69, 9.17) is 9.47 Å². The summed E-state index contributed by atoms with van der Waals surface area (Å²) >= 11 is 0. The van der Waals surface area contributed by atoms with Crippen molar-refractivity contribution in [3.63, 3.8) is 0 Å². The highest BCUT2D eigenvalue weighted by Crippen LogP contribution is 2.44. The van der Waals surface area contributed by atoms with Crippen molar-refractivity contribution < 1.29 is 9.47 Å². The van der Waals surface area contributed by atoms with Crippen LogP contribution in [0, 0.1) is 11.8 Å². The second-order valence-electron chi connectivity index (χ2n) is 5.29. The van der Waals surface area contributed by atoms with Crippen molar-refractivity contribution in [1.29, 1.82) is 0 Å². The van der Waals surface area contributed by atoms with Crippen molar-refractivity contribution in [2.75, 3.05) is 13.7 Å². The van der Waals surface area contributed by atoms with E-state index >= 15 is 0 Å². The van der Waals surface area contributed by atoms with Crippen molar-refractivity contribution in [1.82, 2.24) is 0 Å². The van der Waals surface area contributed by atoms with Crippen LogP contribution in [0.3, 0.4) is 0 Å². The number of fused-ring (bicyclic) bond motifs is 1. The Morgan fingerprint density at radius 2 is 2.35 bits per heavy atom. The first-order valence-corrected chi connectivity index (χ1v) is 6.61. The topological polar surface area (TPSA) is 18.5 Å². The van der Waals surface area contributed by atoms with E-state index in [-0.39, 0.29) is 0 Å². The number of benzene rings is 1. The molecule has 0 unspecified atom stereocenters. The number of methoxy groups -OCH3 is 1. The fourth-order valence-corrected chi connectivity index (χ4v) is 3.27. The third-order valence-electron chi connectivity index (χ3n) is 4.20. The van der Waals surface area contributed by atoms with Gasteiger partial charge in [0.1, 0.15) is 5.75 Å². The van der Waals surface area contributed by atoms with Gasteiger partial charge in [-0.25, -0.2) is 0 Å². The first kappa shape index (κ1) is 11.1. The zero-order valence-electron chi connectivity index (χ0n) is 10.4. The van der Waals surface area contributed by atoms with Gasteiger partial charge in [-0.15, -0.1) is 0 Å². The molecule has 0 amide bonds. The SMILES string of the molecule is COc1cccc(C[C@@H]2C[C@H]3CCCO[C@H]32)c1. The summed E-state index contributed by atoms with van der Waals surface area (Å²) in [6, 6.07) is 8.42. The van der Waals surface area contributed by atoms with Crippen LogP contribution >= 0.6 is 0 Å². The molecule has 1 saturated carbocycles. The Kier molecular flexibility index (Phi) is 3.06. The van der Waals surface area contributed by atoms with Crippen molar-refractivity contribution >= 4 is 0 Å². The number of rotatable bonds is 3. The molecule has 0 radical (unpaired) electrons. The fourth-order valence-electron chi connectivity index (χ4n) is 3.27. The Balaban J connectivity index is 1.63. The lowest BCUT2D eigenvalue weighted by Gasteiger charge is -2.47. The van der Waals surface area contributed by atoms with E-state index in [0.29, 0.717) is 6.10 Å². The molecule has 1 aromatic carbocycles. The molecular formula is C15H20O2. The van der Waals surface area contributed by atoms with Crippen LogP contribution < -0.4 is 4.74 Å². The predicted molar refractivity (Wildman–Crippen MR) is 67.3 cm³/mol. The lowest BCUT2D eigenvalue weighted by molar-refractivity contribution is -0.126. The standard InChI is InChI=1S/C15H20O2/c1-16-14-6-2-4-11(9-14)8-13-10-12-5-3-7-17-15(12)13/h2,4,6,9,12-13,15H,3,5,7-8,10H2,1H3/t12-,13-,15-/m1/s1. The fraction of sp³-hybridized carbons (Fsp3) is 0.600. The lowest BCUT2D eigenvalue weighted by atomic mass is 9.66. The molecule has 3 rings (SSSR count). The molecule has 0 aromatic heterocycles. The Morgan fingerprint density at radius 3 is 3.18 bits per heavy atom. The molecule has 2 fully saturated rings. The highest BCUT2D eigenvalue weighted by Gasteiger charge is 2.42. The number of ether oxygens (including phenoxy) is 2. The summed E-state index contributed by atoms with van der Waals surface area (Å²) < 4.78 is 11.2. The van der Waals surface area contributed by atoms with E-state index < -0.39 is 0 Å². The van der Waals surface area contributed by atoms with Crippen LogP contribution in [0.1, 0.15) is 24.8 Å². The van der Waals surface area contributed by atoms with Crippen molar-refractivity contribution in [3.8, 4) is 5.75 Å². The smallest absolute Gasteiger partial charge is 0.119 e. The molecule has 2 aliphatic rings. The van der Waals surface area contributed by atoms with E-state index in [1.165, 1.54) is 24.8 Å². The third-order valence-corrected chi connectivity index (χ3v) is 4.20. The van der Waals surface area contributed by atoms with Gasteiger partial charge in [-0.3, -0.25) is 0 Å². The van der Waals surface area contributed by atoms with Crippen LogP contribution in [-0.2, 0) is 11.2 Å². The van der Waals surface area contributed by atoms with Gasteiger partial charge in [0.25, 0.3) is 0 Å². The van der Waals surface area contributed by atoms with Gasteiger partial charge >= 0.3 is 0 Å². The Labute approximate surface area is 103 Å². The minimum absolute atomic E-state index is 0.537. The van der Waals surface area contributed by atoms with Crippen molar-refractivity contribution in [2.45, 2.75) is 31.8 Å². The summed E-state index contributed by atoms with van der Waals surface area (Å²) in [4.78, 5) is 0. The van der Waals surface area contributed by atoms with E-state index in [9.17, 15) is 0 Å². The van der Waals surface area contributed by atoms with Crippen LogP contribution in [0.15, 0.2) is 24.3 Å². The number of hydrogen-bond donors (Lipinski definition) is 0. The molecule has 2 nitrogen and oxygen atoms in total. The average molecular weight is 232 g/mol. The molecule has 0 spiro atoms. The van der Waals surface area contributed by atoms with Gasteiger partial charge in [0, 0.05) is 6.61 Å². The van der Waals surface area contributed by atoms with Gasteiger partial charge in [0.05, 0.1) is 13.2 Å². The molecule has 1 saturated heterocycles. The Bertz CT molecular complexity index is 388. The summed E-state index contributed by atoms with van der Waals surface area (Å²) in [5.74, 6) is 2.54. The molecule has 92 valence electrons. The molecule has 17 heavy (non-hydrogen) atoms. The third kappa shape index (κ3) is 2.19. The van der Waals surface area contributed by atoms with E-state index in [2.05, 4.69) is 18.2 Å². The zero-order valence-corrected chi connectivity index (χ0v) is 10.4. The molecular weight excluding hydrogens is 212 g/mol. The first-order chi connectivity index (χ1) is 8.36. The highest BCUT2D eigenvalue weighted by atomic mass is 16.5.